The average Bonchev–Trinajstić information content (AvgIpc) is 3.39. The molecule has 2 atom stereocenters. The van der Waals surface area contributed by atoms with Crippen LogP contribution in [0.3, 0.4) is 0 Å². The summed E-state index contributed by atoms with van der Waals surface area (Å²) in [4.78, 5) is 25.1. The van der Waals surface area contributed by atoms with Gasteiger partial charge in [0.1, 0.15) is 11.6 Å². The lowest BCUT2D eigenvalue weighted by molar-refractivity contribution is -0.117. The van der Waals surface area contributed by atoms with Crippen LogP contribution in [0.5, 0.6) is 0 Å². The Morgan fingerprint density at radius 1 is 1.21 bits per heavy atom. The molecular formula is C23H22FN13O. The van der Waals surface area contributed by atoms with Crippen molar-refractivity contribution in [1.82, 2.24) is 50.0 Å². The molecule has 5 aromatic rings. The van der Waals surface area contributed by atoms with Crippen molar-refractivity contribution in [1.29, 1.82) is 0 Å². The van der Waals surface area contributed by atoms with E-state index in [0.717, 1.165) is 24.1 Å². The number of anilines is 4. The summed E-state index contributed by atoms with van der Waals surface area (Å²) >= 11 is 0. The monoisotopic (exact) mass is 515 g/mol. The van der Waals surface area contributed by atoms with Gasteiger partial charge in [-0.05, 0) is 42.3 Å². The number of hydrogen-bond donors (Lipinski definition) is 3. The fourth-order valence-electron chi connectivity index (χ4n) is 4.73. The second kappa shape index (κ2) is 8.86. The molecule has 0 radical (unpaired) electrons. The Kier molecular flexibility index (Phi) is 5.19. The minimum Gasteiger partial charge on any atom is -0.325 e. The molecule has 1 unspecified atom stereocenters. The molecule has 1 saturated heterocycles. The zero-order valence-corrected chi connectivity index (χ0v) is 19.9. The Bertz CT molecular complexity index is 1590. The third-order valence-corrected chi connectivity index (χ3v) is 6.77. The summed E-state index contributed by atoms with van der Waals surface area (Å²) in [7, 11) is 0. The van der Waals surface area contributed by atoms with Crippen molar-refractivity contribution in [2.45, 2.75) is 37.3 Å². The largest absolute Gasteiger partial charge is 0.325 e. The van der Waals surface area contributed by atoms with Gasteiger partial charge in [0, 0.05) is 36.8 Å². The van der Waals surface area contributed by atoms with Crippen molar-refractivity contribution < 1.29 is 9.18 Å². The molecule has 15 heteroatoms. The first kappa shape index (κ1) is 22.3. The van der Waals surface area contributed by atoms with Crippen LogP contribution in [0.1, 0.15) is 36.9 Å². The lowest BCUT2D eigenvalue weighted by Gasteiger charge is -2.24. The molecular weight excluding hydrogens is 493 g/mol. The molecule has 2 fully saturated rings. The molecule has 6 heterocycles. The molecule has 0 spiro atoms. The first-order valence-corrected chi connectivity index (χ1v) is 12.2. The van der Waals surface area contributed by atoms with E-state index in [0.29, 0.717) is 42.2 Å². The van der Waals surface area contributed by atoms with Crippen LogP contribution >= 0.6 is 0 Å². The highest BCUT2D eigenvalue weighted by Crippen LogP contribution is 2.40. The Labute approximate surface area is 214 Å². The van der Waals surface area contributed by atoms with Gasteiger partial charge >= 0.3 is 0 Å². The van der Waals surface area contributed by atoms with E-state index in [-0.39, 0.29) is 11.9 Å². The van der Waals surface area contributed by atoms with Crippen molar-refractivity contribution in [3.63, 3.8) is 0 Å². The van der Waals surface area contributed by atoms with Crippen molar-refractivity contribution in [3.05, 3.63) is 60.7 Å². The SMILES string of the molecule is O=C(Nc1ccc(F)nc1)[C@@H]1CC(n2ncnn2)CN1c1nc(Nc2cc(C3CC3)[nH]n2)c2cccn2n1. The van der Waals surface area contributed by atoms with Crippen LogP contribution in [0.25, 0.3) is 5.52 Å². The van der Waals surface area contributed by atoms with Gasteiger partial charge < -0.3 is 15.5 Å². The Hall–Kier alpha value is -4.95. The Morgan fingerprint density at radius 3 is 2.92 bits per heavy atom. The standard InChI is InChI=1S/C23H22FN13O/c24-19-6-5-14(10-25-19)28-22(38)18-8-15(37-27-12-26-34-37)11-35(18)23-30-21(17-2-1-7-36(17)33-23)29-20-9-16(31-32-20)13-3-4-13/h1-2,5-7,9-10,12-13,15,18H,3-4,8,11H2,(H,28,38)(H2,29,30,31,32,33)/t15?,18-/m0/s1. The highest BCUT2D eigenvalue weighted by molar-refractivity contribution is 5.97. The molecule has 5 aromatic heterocycles. The molecule has 1 aliphatic carbocycles. The predicted molar refractivity (Wildman–Crippen MR) is 132 cm³/mol. The number of carbonyl (C=O) groups excluding carboxylic acids is 1. The number of fused-ring (bicyclic) bond motifs is 1. The first-order valence-electron chi connectivity index (χ1n) is 12.2. The van der Waals surface area contributed by atoms with Crippen molar-refractivity contribution in [2.75, 3.05) is 22.1 Å². The summed E-state index contributed by atoms with van der Waals surface area (Å²) in [6, 6.07) is 7.51. The topological polar surface area (TPSA) is 160 Å². The second-order valence-corrected chi connectivity index (χ2v) is 9.38. The van der Waals surface area contributed by atoms with Crippen LogP contribution in [0.2, 0.25) is 0 Å². The van der Waals surface area contributed by atoms with Gasteiger partial charge in [0.15, 0.2) is 18.0 Å². The number of pyridine rings is 1. The lowest BCUT2D eigenvalue weighted by atomic mass is 10.1. The van der Waals surface area contributed by atoms with Crippen LogP contribution in [0.4, 0.5) is 27.7 Å². The summed E-state index contributed by atoms with van der Waals surface area (Å²) in [6.07, 6.45) is 7.15. The Balaban J connectivity index is 1.22. The second-order valence-electron chi connectivity index (χ2n) is 9.38. The maximum atomic E-state index is 13.4. The van der Waals surface area contributed by atoms with E-state index < -0.39 is 12.0 Å². The fraction of sp³-hybridized carbons (Fsp3) is 0.304. The van der Waals surface area contributed by atoms with Crippen LogP contribution in [0.15, 0.2) is 49.1 Å². The minimum atomic E-state index is -0.663. The van der Waals surface area contributed by atoms with Gasteiger partial charge in [0.2, 0.25) is 17.8 Å². The van der Waals surface area contributed by atoms with Crippen LogP contribution in [-0.2, 0) is 4.79 Å². The van der Waals surface area contributed by atoms with Crippen LogP contribution < -0.4 is 15.5 Å². The summed E-state index contributed by atoms with van der Waals surface area (Å²) < 4.78 is 15.0. The summed E-state index contributed by atoms with van der Waals surface area (Å²) in [6.45, 7) is 0.372. The molecule has 1 aliphatic heterocycles. The van der Waals surface area contributed by atoms with E-state index >= 15 is 0 Å². The maximum absolute atomic E-state index is 13.4. The molecule has 192 valence electrons. The van der Waals surface area contributed by atoms with Gasteiger partial charge in [0.25, 0.3) is 0 Å². The van der Waals surface area contributed by atoms with Crippen molar-refractivity contribution in [2.24, 2.45) is 0 Å². The van der Waals surface area contributed by atoms with Gasteiger partial charge in [-0.25, -0.2) is 9.50 Å². The molecule has 7 rings (SSSR count). The van der Waals surface area contributed by atoms with E-state index in [1.54, 1.807) is 4.52 Å². The number of nitrogens with one attached hydrogen (secondary N) is 3. The van der Waals surface area contributed by atoms with Gasteiger partial charge in [0.05, 0.1) is 17.9 Å². The predicted octanol–water partition coefficient (Wildman–Crippen LogP) is 2.05. The molecule has 1 saturated carbocycles. The molecule has 14 nitrogen and oxygen atoms in total. The highest BCUT2D eigenvalue weighted by atomic mass is 19.1. The average molecular weight is 516 g/mol. The highest BCUT2D eigenvalue weighted by Gasteiger charge is 2.40. The fourth-order valence-corrected chi connectivity index (χ4v) is 4.73. The zero-order chi connectivity index (χ0) is 25.6. The number of tetrazole rings is 1. The lowest BCUT2D eigenvalue weighted by Crippen LogP contribution is -2.41. The number of aromatic nitrogens is 10. The van der Waals surface area contributed by atoms with Crippen LogP contribution in [0, 0.1) is 5.95 Å². The van der Waals surface area contributed by atoms with E-state index in [9.17, 15) is 9.18 Å². The molecule has 0 bridgehead atoms. The third-order valence-electron chi connectivity index (χ3n) is 6.77. The van der Waals surface area contributed by atoms with Gasteiger partial charge in [-0.3, -0.25) is 9.89 Å². The number of halogens is 1. The van der Waals surface area contributed by atoms with Crippen molar-refractivity contribution in [3.8, 4) is 0 Å². The summed E-state index contributed by atoms with van der Waals surface area (Å²) in [5.41, 5.74) is 2.24. The summed E-state index contributed by atoms with van der Waals surface area (Å²) in [5.74, 6) is 1.15. The number of aromatic amines is 1. The third kappa shape index (κ3) is 4.16. The number of rotatable bonds is 7. The van der Waals surface area contributed by atoms with E-state index in [4.69, 9.17) is 4.98 Å². The van der Waals surface area contributed by atoms with E-state index in [2.05, 4.69) is 46.3 Å². The normalized spacial score (nSPS) is 19.2. The smallest absolute Gasteiger partial charge is 0.247 e. The molecule has 2 aliphatic rings. The zero-order valence-electron chi connectivity index (χ0n) is 19.9. The molecule has 38 heavy (non-hydrogen) atoms. The van der Waals surface area contributed by atoms with E-state index in [1.807, 2.05) is 29.3 Å². The molecule has 1 amide bonds. The van der Waals surface area contributed by atoms with Gasteiger partial charge in [-0.2, -0.15) is 19.3 Å². The molecule has 0 aromatic carbocycles. The maximum Gasteiger partial charge on any atom is 0.247 e. The van der Waals surface area contributed by atoms with E-state index in [1.165, 1.54) is 29.5 Å². The minimum absolute atomic E-state index is 0.243. The van der Waals surface area contributed by atoms with Gasteiger partial charge in [-0.1, -0.05) is 0 Å². The summed E-state index contributed by atoms with van der Waals surface area (Å²) in [5, 5.41) is 30.3. The Morgan fingerprint density at radius 2 is 2.13 bits per heavy atom. The van der Waals surface area contributed by atoms with Crippen molar-refractivity contribution >= 4 is 34.7 Å². The number of amides is 1. The quantitative estimate of drug-likeness (QED) is 0.274. The van der Waals surface area contributed by atoms with Crippen LogP contribution in [-0.4, -0.2) is 68.5 Å². The number of H-pyrrole nitrogens is 1. The number of hydrogen-bond acceptors (Lipinski definition) is 10. The number of nitrogens with zero attached hydrogens (tertiary/aromatic N) is 10. The number of carbonyl (C=O) groups is 1. The van der Waals surface area contributed by atoms with Gasteiger partial charge in [-0.15, -0.1) is 15.3 Å². The first-order chi connectivity index (χ1) is 18.6. The molecule has 3 N–H and O–H groups in total.